The quantitative estimate of drug-likeness (QED) is 0.392. The molecule has 0 unspecified atom stereocenters. The number of amides is 2. The average Bonchev–Trinajstić information content (AvgIpc) is 3.20. The molecule has 0 bridgehead atoms. The number of aromatic nitrogens is 2. The Morgan fingerprint density at radius 1 is 0.784 bits per heavy atom. The van der Waals surface area contributed by atoms with Crippen LogP contribution in [-0.2, 0) is 25.0 Å². The summed E-state index contributed by atoms with van der Waals surface area (Å²) in [6.45, 7) is 2.72. The topological polar surface area (TPSA) is 76.8 Å². The minimum absolute atomic E-state index is 0.00755. The maximum atomic E-state index is 13.0. The van der Waals surface area contributed by atoms with Gasteiger partial charge in [0.05, 0.1) is 11.0 Å². The third-order valence-electron chi connectivity index (χ3n) is 6.87. The Morgan fingerprint density at radius 2 is 1.41 bits per heavy atom. The zero-order valence-electron chi connectivity index (χ0n) is 20.9. The van der Waals surface area contributed by atoms with Gasteiger partial charge in [-0.2, -0.15) is 0 Å². The zero-order chi connectivity index (χ0) is 25.8. The van der Waals surface area contributed by atoms with Crippen LogP contribution in [0.1, 0.15) is 22.3 Å². The van der Waals surface area contributed by atoms with E-state index in [-0.39, 0.29) is 23.9 Å². The molecule has 1 fully saturated rings. The van der Waals surface area contributed by atoms with E-state index in [1.54, 1.807) is 38.1 Å². The Bertz CT molecular complexity index is 1450. The molecular weight excluding hydrogens is 468 g/mol. The summed E-state index contributed by atoms with van der Waals surface area (Å²) in [6, 6.07) is 24.7. The molecule has 0 atom stereocenters. The number of ether oxygens (including phenoxy) is 1. The Balaban J connectivity index is 1.12. The largest absolute Gasteiger partial charge is 0.489 e. The lowest BCUT2D eigenvalue weighted by Crippen LogP contribution is -2.50. The highest BCUT2D eigenvalue weighted by Crippen LogP contribution is 2.17. The van der Waals surface area contributed by atoms with E-state index in [4.69, 9.17) is 4.74 Å². The van der Waals surface area contributed by atoms with Gasteiger partial charge >= 0.3 is 5.69 Å². The van der Waals surface area contributed by atoms with Gasteiger partial charge in [-0.15, -0.1) is 0 Å². The summed E-state index contributed by atoms with van der Waals surface area (Å²) in [5, 5.41) is 0. The first kappa shape index (κ1) is 24.4. The normalized spacial score (nSPS) is 13.6. The number of carbonyl (C=O) groups excluding carboxylic acids is 2. The first-order valence-electron chi connectivity index (χ1n) is 12.5. The third kappa shape index (κ3) is 5.28. The van der Waals surface area contributed by atoms with Crippen molar-refractivity contribution >= 4 is 22.8 Å². The monoisotopic (exact) mass is 498 g/mol. The number of carbonyl (C=O) groups is 2. The lowest BCUT2D eigenvalue weighted by Gasteiger charge is -2.35. The number of hydrogen-bond acceptors (Lipinski definition) is 4. The molecule has 1 aliphatic heterocycles. The van der Waals surface area contributed by atoms with Crippen LogP contribution in [0.25, 0.3) is 11.0 Å². The van der Waals surface area contributed by atoms with Crippen LogP contribution in [0.15, 0.2) is 83.7 Å². The van der Waals surface area contributed by atoms with E-state index < -0.39 is 0 Å². The molecule has 0 radical (unpaired) electrons. The van der Waals surface area contributed by atoms with Crippen LogP contribution >= 0.6 is 0 Å². The van der Waals surface area contributed by atoms with E-state index in [9.17, 15) is 14.4 Å². The molecule has 0 spiro atoms. The molecule has 0 saturated carbocycles. The van der Waals surface area contributed by atoms with E-state index in [1.807, 2.05) is 66.7 Å². The number of aryl methyl sites for hydroxylation is 2. The summed E-state index contributed by atoms with van der Waals surface area (Å²) in [5.41, 5.74) is 3.24. The van der Waals surface area contributed by atoms with Crippen molar-refractivity contribution in [3.63, 3.8) is 0 Å². The molecule has 1 aromatic heterocycles. The number of para-hydroxylation sites is 2. The molecule has 2 heterocycles. The molecule has 3 aromatic carbocycles. The number of fused-ring (bicyclic) bond motifs is 1. The second-order valence-corrected chi connectivity index (χ2v) is 9.20. The molecule has 37 heavy (non-hydrogen) atoms. The van der Waals surface area contributed by atoms with Gasteiger partial charge in [0.25, 0.3) is 5.91 Å². The molecule has 8 nitrogen and oxygen atoms in total. The second-order valence-electron chi connectivity index (χ2n) is 9.20. The third-order valence-corrected chi connectivity index (χ3v) is 6.87. The second kappa shape index (κ2) is 10.7. The van der Waals surface area contributed by atoms with Crippen molar-refractivity contribution in [3.8, 4) is 5.75 Å². The highest BCUT2D eigenvalue weighted by Gasteiger charge is 2.25. The van der Waals surface area contributed by atoms with Crippen LogP contribution in [0.5, 0.6) is 5.75 Å². The lowest BCUT2D eigenvalue weighted by atomic mass is 10.1. The molecule has 1 aliphatic rings. The summed E-state index contributed by atoms with van der Waals surface area (Å²) >= 11 is 0. The zero-order valence-corrected chi connectivity index (χ0v) is 20.9. The van der Waals surface area contributed by atoms with Crippen LogP contribution in [-0.4, -0.2) is 56.9 Å². The molecule has 0 N–H and O–H groups in total. The number of rotatable bonds is 7. The van der Waals surface area contributed by atoms with Gasteiger partial charge in [0.1, 0.15) is 12.4 Å². The Kier molecular flexibility index (Phi) is 7.07. The van der Waals surface area contributed by atoms with E-state index in [2.05, 4.69) is 0 Å². The van der Waals surface area contributed by atoms with Gasteiger partial charge in [0.2, 0.25) is 5.91 Å². The molecule has 2 amide bonds. The van der Waals surface area contributed by atoms with Gasteiger partial charge < -0.3 is 14.5 Å². The van der Waals surface area contributed by atoms with Crippen molar-refractivity contribution in [2.24, 2.45) is 7.05 Å². The summed E-state index contributed by atoms with van der Waals surface area (Å²) < 4.78 is 9.06. The van der Waals surface area contributed by atoms with Crippen LogP contribution in [0, 0.1) is 0 Å². The number of piperazine rings is 1. The van der Waals surface area contributed by atoms with Crippen LogP contribution in [0.3, 0.4) is 0 Å². The van der Waals surface area contributed by atoms with Crippen LogP contribution in [0.2, 0.25) is 0 Å². The number of hydrogen-bond donors (Lipinski definition) is 0. The van der Waals surface area contributed by atoms with E-state index in [1.165, 1.54) is 0 Å². The highest BCUT2D eigenvalue weighted by molar-refractivity contribution is 5.94. The molecule has 8 heteroatoms. The maximum Gasteiger partial charge on any atom is 0.328 e. The predicted octanol–water partition coefficient (Wildman–Crippen LogP) is 3.29. The van der Waals surface area contributed by atoms with Crippen molar-refractivity contribution in [2.45, 2.75) is 19.6 Å². The number of benzene rings is 3. The number of nitrogens with zero attached hydrogens (tertiary/aromatic N) is 4. The first-order valence-corrected chi connectivity index (χ1v) is 12.5. The van der Waals surface area contributed by atoms with Gasteiger partial charge in [0.15, 0.2) is 0 Å². The predicted molar refractivity (Wildman–Crippen MR) is 141 cm³/mol. The van der Waals surface area contributed by atoms with Crippen LogP contribution < -0.4 is 10.4 Å². The summed E-state index contributed by atoms with van der Waals surface area (Å²) in [4.78, 5) is 42.0. The average molecular weight is 499 g/mol. The lowest BCUT2D eigenvalue weighted by molar-refractivity contribution is -0.132. The fourth-order valence-corrected chi connectivity index (χ4v) is 4.72. The Labute approximate surface area is 215 Å². The van der Waals surface area contributed by atoms with Gasteiger partial charge in [-0.25, -0.2) is 4.79 Å². The molecule has 1 saturated heterocycles. The smallest absolute Gasteiger partial charge is 0.328 e. The highest BCUT2D eigenvalue weighted by atomic mass is 16.5. The summed E-state index contributed by atoms with van der Waals surface area (Å²) in [7, 11) is 1.74. The standard InChI is InChI=1S/C29H30N4O4/c1-30-25-9-5-6-10-26(25)33(29(30)36)16-15-27(34)31-17-19-32(20-18-31)28(35)23-11-13-24(14-12-23)37-21-22-7-3-2-4-8-22/h2-14H,15-21H2,1H3. The fourth-order valence-electron chi connectivity index (χ4n) is 4.72. The van der Waals surface area contributed by atoms with Crippen molar-refractivity contribution in [2.75, 3.05) is 26.2 Å². The molecule has 0 aliphatic carbocycles. The minimum Gasteiger partial charge on any atom is -0.489 e. The van der Waals surface area contributed by atoms with Gasteiger partial charge in [-0.05, 0) is 42.0 Å². The van der Waals surface area contributed by atoms with Crippen molar-refractivity contribution in [1.82, 2.24) is 18.9 Å². The first-order chi connectivity index (χ1) is 18.0. The summed E-state index contributed by atoms with van der Waals surface area (Å²) in [5.74, 6) is 0.650. The van der Waals surface area contributed by atoms with Crippen LogP contribution in [0.4, 0.5) is 0 Å². The van der Waals surface area contributed by atoms with E-state index in [0.29, 0.717) is 50.6 Å². The summed E-state index contributed by atoms with van der Waals surface area (Å²) in [6.07, 6.45) is 0.242. The van der Waals surface area contributed by atoms with Gasteiger partial charge in [0, 0.05) is 51.8 Å². The molecular formula is C29H30N4O4. The Morgan fingerprint density at radius 3 is 2.11 bits per heavy atom. The maximum absolute atomic E-state index is 13.0. The van der Waals surface area contributed by atoms with Gasteiger partial charge in [-0.3, -0.25) is 18.7 Å². The molecule has 4 aromatic rings. The fraction of sp³-hybridized carbons (Fsp3) is 0.276. The van der Waals surface area contributed by atoms with Crippen molar-refractivity contribution < 1.29 is 14.3 Å². The Hall–Kier alpha value is -4.33. The molecule has 190 valence electrons. The van der Waals surface area contributed by atoms with E-state index >= 15 is 0 Å². The number of imidazole rings is 1. The van der Waals surface area contributed by atoms with Crippen molar-refractivity contribution in [3.05, 3.63) is 100 Å². The molecule has 5 rings (SSSR count). The van der Waals surface area contributed by atoms with Gasteiger partial charge in [-0.1, -0.05) is 42.5 Å². The SMILES string of the molecule is Cn1c(=O)n(CCC(=O)N2CCN(C(=O)c3ccc(OCc4ccccc4)cc3)CC2)c2ccccc21. The van der Waals surface area contributed by atoms with Crippen molar-refractivity contribution in [1.29, 1.82) is 0 Å². The van der Waals surface area contributed by atoms with E-state index in [0.717, 1.165) is 16.6 Å². The minimum atomic E-state index is -0.124.